The van der Waals surface area contributed by atoms with E-state index in [0.29, 0.717) is 16.5 Å². The molecular formula is C11H8Cl2N4O2S. The lowest BCUT2D eigenvalue weighted by Gasteiger charge is -2.02. The van der Waals surface area contributed by atoms with Gasteiger partial charge in [0.2, 0.25) is 0 Å². The third kappa shape index (κ3) is 2.17. The third-order valence-electron chi connectivity index (χ3n) is 2.72. The Balaban J connectivity index is 1.79. The number of nitrogens with zero attached hydrogens (tertiary/aromatic N) is 3. The normalized spacial score (nSPS) is 11.2. The molecule has 0 saturated carbocycles. The number of H-pyrrole nitrogens is 1. The van der Waals surface area contributed by atoms with Crippen LogP contribution in [0.15, 0.2) is 11.6 Å². The number of thiazole rings is 1. The summed E-state index contributed by atoms with van der Waals surface area (Å²) in [5.74, 6) is -0.611. The molecular weight excluding hydrogens is 323 g/mol. The number of rotatable bonds is 3. The number of nitrogens with one attached hydrogen (secondary N) is 1. The molecule has 9 heteroatoms. The first-order valence-electron chi connectivity index (χ1n) is 5.55. The Kier molecular flexibility index (Phi) is 3.41. The van der Waals surface area contributed by atoms with E-state index < -0.39 is 5.97 Å². The van der Waals surface area contributed by atoms with Gasteiger partial charge in [-0.3, -0.25) is 9.50 Å². The Bertz CT molecular complexity index is 792. The van der Waals surface area contributed by atoms with Gasteiger partial charge in [0.25, 0.3) is 0 Å². The molecule has 0 aliphatic heterocycles. The molecule has 0 aliphatic carbocycles. The zero-order valence-corrected chi connectivity index (χ0v) is 12.5. The summed E-state index contributed by atoms with van der Waals surface area (Å²) < 4.78 is 6.95. The maximum Gasteiger partial charge on any atom is 0.360 e. The fourth-order valence-electron chi connectivity index (χ4n) is 1.69. The fraction of sp³-hybridized carbons (Fsp3) is 0.182. The Morgan fingerprint density at radius 2 is 2.35 bits per heavy atom. The summed E-state index contributed by atoms with van der Waals surface area (Å²) in [6.07, 6.45) is 1.81. The topological polar surface area (TPSA) is 72.3 Å². The monoisotopic (exact) mass is 330 g/mol. The standard InChI is InChI=1S/C11H8Cl2N4O2S/c1-5-7(12)8(16-15-5)10(18)19-4-6-9(13)14-11-17(6)2-3-20-11/h2-3H,4H2,1H3,(H,15,16). The Labute approximate surface area is 127 Å². The molecule has 0 unspecified atom stereocenters. The van der Waals surface area contributed by atoms with Crippen molar-refractivity contribution in [1.82, 2.24) is 19.6 Å². The first-order chi connectivity index (χ1) is 9.58. The molecule has 3 aromatic rings. The van der Waals surface area contributed by atoms with Gasteiger partial charge in [-0.15, -0.1) is 11.3 Å². The van der Waals surface area contributed by atoms with E-state index in [0.717, 1.165) is 4.96 Å². The summed E-state index contributed by atoms with van der Waals surface area (Å²) >= 11 is 13.4. The molecule has 0 aromatic carbocycles. The van der Waals surface area contributed by atoms with Gasteiger partial charge >= 0.3 is 5.97 Å². The molecule has 3 aromatic heterocycles. The van der Waals surface area contributed by atoms with Gasteiger partial charge in [0, 0.05) is 11.6 Å². The van der Waals surface area contributed by atoms with Gasteiger partial charge in [0.15, 0.2) is 15.8 Å². The summed E-state index contributed by atoms with van der Waals surface area (Å²) in [5, 5.41) is 8.87. The predicted octanol–water partition coefficient (Wildman–Crippen LogP) is 3.09. The highest BCUT2D eigenvalue weighted by Crippen LogP contribution is 2.23. The van der Waals surface area contributed by atoms with Crippen LogP contribution in [0.4, 0.5) is 0 Å². The van der Waals surface area contributed by atoms with Crippen LogP contribution in [0, 0.1) is 6.92 Å². The molecule has 0 radical (unpaired) electrons. The van der Waals surface area contributed by atoms with Crippen molar-refractivity contribution < 1.29 is 9.53 Å². The van der Waals surface area contributed by atoms with E-state index in [1.54, 1.807) is 11.3 Å². The first-order valence-corrected chi connectivity index (χ1v) is 7.19. The smallest absolute Gasteiger partial charge is 0.360 e. The van der Waals surface area contributed by atoms with Crippen LogP contribution in [0.3, 0.4) is 0 Å². The second kappa shape index (κ2) is 5.08. The number of imidazole rings is 1. The van der Waals surface area contributed by atoms with Crippen molar-refractivity contribution in [3.63, 3.8) is 0 Å². The number of hydrogen-bond acceptors (Lipinski definition) is 5. The van der Waals surface area contributed by atoms with Crippen molar-refractivity contribution in [3.8, 4) is 0 Å². The van der Waals surface area contributed by atoms with Crippen LogP contribution < -0.4 is 0 Å². The van der Waals surface area contributed by atoms with E-state index in [-0.39, 0.29) is 17.3 Å². The number of fused-ring (bicyclic) bond motifs is 1. The number of aryl methyl sites for hydroxylation is 1. The Hall–Kier alpha value is -1.57. The van der Waals surface area contributed by atoms with Crippen molar-refractivity contribution in [3.05, 3.63) is 38.8 Å². The van der Waals surface area contributed by atoms with Crippen LogP contribution >= 0.6 is 34.5 Å². The van der Waals surface area contributed by atoms with Crippen molar-refractivity contribution in [2.75, 3.05) is 0 Å². The largest absolute Gasteiger partial charge is 0.454 e. The zero-order valence-electron chi connectivity index (χ0n) is 10.2. The van der Waals surface area contributed by atoms with E-state index in [4.69, 9.17) is 27.9 Å². The van der Waals surface area contributed by atoms with Crippen LogP contribution in [-0.2, 0) is 11.3 Å². The highest BCUT2D eigenvalue weighted by atomic mass is 35.5. The third-order valence-corrected chi connectivity index (χ3v) is 4.24. The van der Waals surface area contributed by atoms with E-state index in [2.05, 4.69) is 15.2 Å². The molecule has 0 amide bonds. The number of carbonyl (C=O) groups excluding carboxylic acids is 1. The molecule has 0 fully saturated rings. The van der Waals surface area contributed by atoms with Crippen LogP contribution in [0.2, 0.25) is 10.2 Å². The maximum atomic E-state index is 11.9. The molecule has 0 spiro atoms. The molecule has 0 bridgehead atoms. The highest BCUT2D eigenvalue weighted by molar-refractivity contribution is 7.15. The minimum Gasteiger partial charge on any atom is -0.454 e. The quantitative estimate of drug-likeness (QED) is 0.749. The fourth-order valence-corrected chi connectivity index (χ4v) is 2.86. The first kappa shape index (κ1) is 13.4. The summed E-state index contributed by atoms with van der Waals surface area (Å²) in [5.41, 5.74) is 1.28. The van der Waals surface area contributed by atoms with Crippen molar-refractivity contribution >= 4 is 45.5 Å². The number of aromatic nitrogens is 4. The average Bonchev–Trinajstić information content (AvgIpc) is 3.05. The molecule has 3 heterocycles. The maximum absolute atomic E-state index is 11.9. The van der Waals surface area contributed by atoms with Crippen molar-refractivity contribution in [1.29, 1.82) is 0 Å². The van der Waals surface area contributed by atoms with Gasteiger partial charge in [-0.05, 0) is 6.92 Å². The molecule has 3 rings (SSSR count). The summed E-state index contributed by atoms with van der Waals surface area (Å²) in [6, 6.07) is 0. The number of aromatic amines is 1. The molecule has 1 N–H and O–H groups in total. The van der Waals surface area contributed by atoms with Gasteiger partial charge in [-0.25, -0.2) is 9.78 Å². The van der Waals surface area contributed by atoms with Crippen molar-refractivity contribution in [2.45, 2.75) is 13.5 Å². The summed E-state index contributed by atoms with van der Waals surface area (Å²) in [6.45, 7) is 1.71. The molecule has 20 heavy (non-hydrogen) atoms. The lowest BCUT2D eigenvalue weighted by molar-refractivity contribution is 0.0460. The van der Waals surface area contributed by atoms with E-state index in [1.165, 1.54) is 11.3 Å². The summed E-state index contributed by atoms with van der Waals surface area (Å²) in [4.78, 5) is 16.8. The minimum absolute atomic E-state index is 0.00218. The number of hydrogen-bond donors (Lipinski definition) is 1. The molecule has 0 aliphatic rings. The van der Waals surface area contributed by atoms with E-state index in [1.807, 2.05) is 11.6 Å². The number of ether oxygens (including phenoxy) is 1. The number of esters is 1. The SMILES string of the molecule is Cc1[nH]nc(C(=O)OCc2c(Cl)nc3sccn23)c1Cl. The van der Waals surface area contributed by atoms with Gasteiger partial charge in [0.05, 0.1) is 16.4 Å². The van der Waals surface area contributed by atoms with Gasteiger partial charge in [-0.2, -0.15) is 5.10 Å². The molecule has 0 saturated heterocycles. The van der Waals surface area contributed by atoms with Gasteiger partial charge in [-0.1, -0.05) is 23.2 Å². The number of halogens is 2. The van der Waals surface area contributed by atoms with Gasteiger partial charge < -0.3 is 4.74 Å². The predicted molar refractivity (Wildman–Crippen MR) is 75.5 cm³/mol. The lowest BCUT2D eigenvalue weighted by atomic mass is 10.4. The Morgan fingerprint density at radius 1 is 1.55 bits per heavy atom. The van der Waals surface area contributed by atoms with Crippen LogP contribution in [0.25, 0.3) is 4.96 Å². The van der Waals surface area contributed by atoms with Crippen LogP contribution in [0.5, 0.6) is 0 Å². The zero-order chi connectivity index (χ0) is 14.3. The molecule has 6 nitrogen and oxygen atoms in total. The molecule has 104 valence electrons. The van der Waals surface area contributed by atoms with E-state index in [9.17, 15) is 4.79 Å². The van der Waals surface area contributed by atoms with Crippen LogP contribution in [0.1, 0.15) is 21.9 Å². The second-order valence-corrected chi connectivity index (χ2v) is 5.60. The number of carbonyl (C=O) groups is 1. The minimum atomic E-state index is -0.611. The van der Waals surface area contributed by atoms with E-state index >= 15 is 0 Å². The summed E-state index contributed by atoms with van der Waals surface area (Å²) in [7, 11) is 0. The van der Waals surface area contributed by atoms with Crippen molar-refractivity contribution in [2.24, 2.45) is 0 Å². The molecule has 0 atom stereocenters. The lowest BCUT2D eigenvalue weighted by Crippen LogP contribution is -2.07. The average molecular weight is 331 g/mol. The highest BCUT2D eigenvalue weighted by Gasteiger charge is 2.19. The van der Waals surface area contributed by atoms with Gasteiger partial charge in [0.1, 0.15) is 6.61 Å². The Morgan fingerprint density at radius 3 is 3.05 bits per heavy atom. The van der Waals surface area contributed by atoms with Crippen LogP contribution in [-0.4, -0.2) is 25.6 Å². The second-order valence-electron chi connectivity index (χ2n) is 3.99.